The lowest BCUT2D eigenvalue weighted by Crippen LogP contribution is -2.45. The summed E-state index contributed by atoms with van der Waals surface area (Å²) in [7, 11) is 0. The average molecular weight is 487 g/mol. The molecule has 180 valence electrons. The monoisotopic (exact) mass is 486 g/mol. The van der Waals surface area contributed by atoms with Crippen LogP contribution < -0.4 is 10.6 Å². The van der Waals surface area contributed by atoms with E-state index in [1.54, 1.807) is 0 Å². The molecule has 2 aliphatic heterocycles. The number of nitrogens with two attached hydrogens (primary N) is 1. The zero-order valence-corrected chi connectivity index (χ0v) is 20.6. The van der Waals surface area contributed by atoms with Gasteiger partial charge in [0.2, 0.25) is 5.91 Å². The van der Waals surface area contributed by atoms with Crippen LogP contribution in [0.4, 0.5) is 5.69 Å². The Bertz CT molecular complexity index is 757. The van der Waals surface area contributed by atoms with Gasteiger partial charge in [-0.3, -0.25) is 15.0 Å². The third-order valence-corrected chi connectivity index (χ3v) is 6.14. The topological polar surface area (TPSA) is 99.7 Å². The normalized spacial score (nSPS) is 17.3. The number of hydrogen-bond donors (Lipinski definition) is 2. The van der Waals surface area contributed by atoms with Crippen LogP contribution >= 0.6 is 24.8 Å². The van der Waals surface area contributed by atoms with E-state index in [9.17, 15) is 9.59 Å². The number of esters is 1. The number of piperidine rings is 2. The Labute approximate surface area is 203 Å². The molecule has 2 heterocycles. The lowest BCUT2D eigenvalue weighted by Gasteiger charge is -2.38. The van der Waals surface area contributed by atoms with E-state index < -0.39 is 0 Å². The van der Waals surface area contributed by atoms with E-state index in [0.29, 0.717) is 12.3 Å². The third-order valence-electron chi connectivity index (χ3n) is 6.14. The Morgan fingerprint density at radius 3 is 2.09 bits per heavy atom. The number of amidine groups is 1. The standard InChI is InChI=1S/C23H34N4O3.2ClH/c1-16(2)30-21(28)15-17-7-11-27(12-8-17)23(29)19-9-13-26(14-10-19)20-5-3-18(4-6-20)22(24)25;;/h3-6,16-17,19H,7-15H2,1-2H3,(H3,24,25);2*1H. The molecule has 2 saturated heterocycles. The van der Waals surface area contributed by atoms with Crippen LogP contribution in [0.5, 0.6) is 0 Å². The Kier molecular flexibility index (Phi) is 11.3. The van der Waals surface area contributed by atoms with Crippen LogP contribution in [0.25, 0.3) is 0 Å². The van der Waals surface area contributed by atoms with Gasteiger partial charge in [-0.05, 0) is 69.7 Å². The summed E-state index contributed by atoms with van der Waals surface area (Å²) < 4.78 is 5.25. The maximum atomic E-state index is 13.0. The molecule has 0 spiro atoms. The highest BCUT2D eigenvalue weighted by Crippen LogP contribution is 2.28. The van der Waals surface area contributed by atoms with Crippen molar-refractivity contribution in [3.05, 3.63) is 29.8 Å². The van der Waals surface area contributed by atoms with Crippen molar-refractivity contribution in [2.24, 2.45) is 17.6 Å². The van der Waals surface area contributed by atoms with E-state index in [1.165, 1.54) is 0 Å². The number of rotatable bonds is 6. The number of nitrogens with zero attached hydrogens (tertiary/aromatic N) is 2. The van der Waals surface area contributed by atoms with Crippen molar-refractivity contribution >= 4 is 48.2 Å². The maximum Gasteiger partial charge on any atom is 0.306 e. The fourth-order valence-electron chi connectivity index (χ4n) is 4.40. The SMILES string of the molecule is CC(C)OC(=O)CC1CCN(C(=O)C2CCN(c3ccc(C(=N)N)cc3)CC2)CC1.Cl.Cl. The summed E-state index contributed by atoms with van der Waals surface area (Å²) in [4.78, 5) is 29.1. The summed E-state index contributed by atoms with van der Waals surface area (Å²) in [6.45, 7) is 6.92. The van der Waals surface area contributed by atoms with Gasteiger partial charge in [-0.25, -0.2) is 0 Å². The van der Waals surface area contributed by atoms with Crippen molar-refractivity contribution in [1.82, 2.24) is 4.90 Å². The summed E-state index contributed by atoms with van der Waals surface area (Å²) in [5, 5.41) is 7.49. The van der Waals surface area contributed by atoms with Gasteiger partial charge in [0.15, 0.2) is 0 Å². The molecule has 0 saturated carbocycles. The first-order valence-corrected chi connectivity index (χ1v) is 11.0. The Morgan fingerprint density at radius 2 is 1.59 bits per heavy atom. The van der Waals surface area contributed by atoms with E-state index >= 15 is 0 Å². The number of carbonyl (C=O) groups excluding carboxylic acids is 2. The van der Waals surface area contributed by atoms with E-state index in [1.807, 2.05) is 43.0 Å². The van der Waals surface area contributed by atoms with Gasteiger partial charge in [0.1, 0.15) is 5.84 Å². The highest BCUT2D eigenvalue weighted by molar-refractivity contribution is 5.95. The van der Waals surface area contributed by atoms with Gasteiger partial charge < -0.3 is 20.3 Å². The molecule has 2 aliphatic rings. The molecular weight excluding hydrogens is 451 g/mol. The molecule has 2 fully saturated rings. The van der Waals surface area contributed by atoms with Crippen LogP contribution in [-0.4, -0.2) is 54.9 Å². The molecule has 3 N–H and O–H groups in total. The Hall–Kier alpha value is -1.99. The first kappa shape index (κ1) is 28.0. The van der Waals surface area contributed by atoms with Gasteiger partial charge in [-0.15, -0.1) is 24.8 Å². The van der Waals surface area contributed by atoms with Crippen molar-refractivity contribution in [1.29, 1.82) is 5.41 Å². The summed E-state index contributed by atoms with van der Waals surface area (Å²) in [5.74, 6) is 0.620. The van der Waals surface area contributed by atoms with Crippen molar-refractivity contribution in [3.63, 3.8) is 0 Å². The first-order valence-electron chi connectivity index (χ1n) is 11.0. The van der Waals surface area contributed by atoms with Gasteiger partial charge >= 0.3 is 5.97 Å². The number of nitrogens with one attached hydrogen (secondary N) is 1. The van der Waals surface area contributed by atoms with E-state index in [2.05, 4.69) is 4.90 Å². The number of likely N-dealkylation sites (tertiary alicyclic amines) is 1. The minimum Gasteiger partial charge on any atom is -0.463 e. The molecule has 0 aliphatic carbocycles. The molecule has 9 heteroatoms. The van der Waals surface area contributed by atoms with Crippen LogP contribution in [0.3, 0.4) is 0 Å². The molecule has 1 aromatic rings. The van der Waals surface area contributed by atoms with Gasteiger partial charge in [-0.2, -0.15) is 0 Å². The Balaban J connectivity index is 0.00000256. The van der Waals surface area contributed by atoms with Gasteiger partial charge in [-0.1, -0.05) is 0 Å². The second-order valence-electron chi connectivity index (χ2n) is 8.73. The Morgan fingerprint density at radius 1 is 1.03 bits per heavy atom. The zero-order chi connectivity index (χ0) is 21.7. The summed E-state index contributed by atoms with van der Waals surface area (Å²) in [5.41, 5.74) is 7.36. The van der Waals surface area contributed by atoms with Crippen molar-refractivity contribution < 1.29 is 14.3 Å². The third kappa shape index (κ3) is 7.55. The number of amides is 1. The number of anilines is 1. The van der Waals surface area contributed by atoms with E-state index in [-0.39, 0.29) is 54.5 Å². The van der Waals surface area contributed by atoms with Crippen molar-refractivity contribution in [2.45, 2.75) is 52.1 Å². The number of hydrogen-bond acceptors (Lipinski definition) is 5. The number of benzene rings is 1. The highest BCUT2D eigenvalue weighted by atomic mass is 35.5. The largest absolute Gasteiger partial charge is 0.463 e. The molecular formula is C23H36Cl2N4O3. The molecule has 0 unspecified atom stereocenters. The van der Waals surface area contributed by atoms with Crippen LogP contribution in [0.1, 0.15) is 51.5 Å². The summed E-state index contributed by atoms with van der Waals surface area (Å²) in [6.07, 6.45) is 3.85. The van der Waals surface area contributed by atoms with Gasteiger partial charge in [0.05, 0.1) is 6.10 Å². The molecule has 1 amide bonds. The first-order chi connectivity index (χ1) is 14.3. The molecule has 7 nitrogen and oxygen atoms in total. The molecule has 0 aromatic heterocycles. The molecule has 1 aromatic carbocycles. The molecule has 0 atom stereocenters. The van der Waals surface area contributed by atoms with Gasteiger partial charge in [0.25, 0.3) is 0 Å². The second-order valence-corrected chi connectivity index (χ2v) is 8.73. The quantitative estimate of drug-likeness (QED) is 0.363. The fourth-order valence-corrected chi connectivity index (χ4v) is 4.40. The zero-order valence-electron chi connectivity index (χ0n) is 18.9. The lowest BCUT2D eigenvalue weighted by molar-refractivity contribution is -0.149. The molecule has 0 radical (unpaired) electrons. The van der Waals surface area contributed by atoms with Crippen molar-refractivity contribution in [3.8, 4) is 0 Å². The van der Waals surface area contributed by atoms with Crippen molar-refractivity contribution in [2.75, 3.05) is 31.1 Å². The second kappa shape index (κ2) is 12.9. The van der Waals surface area contributed by atoms with Crippen LogP contribution in [0, 0.1) is 17.2 Å². The molecule has 3 rings (SSSR count). The van der Waals surface area contributed by atoms with Crippen LogP contribution in [-0.2, 0) is 14.3 Å². The number of halogens is 2. The number of ether oxygens (including phenoxy) is 1. The minimum absolute atomic E-state index is 0. The lowest BCUT2D eigenvalue weighted by atomic mass is 9.90. The van der Waals surface area contributed by atoms with E-state index in [0.717, 1.165) is 63.1 Å². The fraction of sp³-hybridized carbons (Fsp3) is 0.609. The van der Waals surface area contributed by atoms with E-state index in [4.69, 9.17) is 15.9 Å². The van der Waals surface area contributed by atoms with Crippen LogP contribution in [0.2, 0.25) is 0 Å². The number of nitrogen functional groups attached to an aromatic ring is 1. The predicted octanol–water partition coefficient (Wildman–Crippen LogP) is 3.61. The molecule has 0 bridgehead atoms. The smallest absolute Gasteiger partial charge is 0.306 e. The summed E-state index contributed by atoms with van der Waals surface area (Å²) in [6, 6.07) is 7.73. The average Bonchev–Trinajstić information content (AvgIpc) is 2.73. The minimum atomic E-state index is -0.126. The van der Waals surface area contributed by atoms with Crippen LogP contribution in [0.15, 0.2) is 24.3 Å². The predicted molar refractivity (Wildman–Crippen MR) is 132 cm³/mol. The summed E-state index contributed by atoms with van der Waals surface area (Å²) >= 11 is 0. The highest BCUT2D eigenvalue weighted by Gasteiger charge is 2.31. The number of carbonyl (C=O) groups is 2. The maximum absolute atomic E-state index is 13.0. The van der Waals surface area contributed by atoms with Gasteiger partial charge in [0, 0.05) is 49.8 Å². The molecule has 32 heavy (non-hydrogen) atoms.